The second-order valence-electron chi connectivity index (χ2n) is 5.07. The first-order valence-electron chi connectivity index (χ1n) is 7.22. The van der Waals surface area contributed by atoms with Gasteiger partial charge in [0.1, 0.15) is 16.7 Å². The zero-order chi connectivity index (χ0) is 18.0. The molecule has 8 heteroatoms. The van der Waals surface area contributed by atoms with Crippen molar-refractivity contribution >= 4 is 34.7 Å². The molecule has 0 radical (unpaired) electrons. The quantitative estimate of drug-likeness (QED) is 0.526. The number of carbonyl (C=O) groups excluding carboxylic acids is 1. The Bertz CT molecular complexity index is 930. The van der Waals surface area contributed by atoms with Gasteiger partial charge >= 0.3 is 0 Å². The van der Waals surface area contributed by atoms with Gasteiger partial charge in [-0.3, -0.25) is 4.79 Å². The average molecular weight is 377 g/mol. The van der Waals surface area contributed by atoms with E-state index in [0.29, 0.717) is 16.5 Å². The minimum atomic E-state index is -0.714. The highest BCUT2D eigenvalue weighted by Gasteiger charge is 2.20. The van der Waals surface area contributed by atoms with E-state index in [1.807, 2.05) is 17.5 Å². The van der Waals surface area contributed by atoms with Crippen LogP contribution in [0.15, 0.2) is 40.7 Å². The molecule has 0 fully saturated rings. The lowest BCUT2D eigenvalue weighted by Gasteiger charge is -2.12. The second-order valence-corrected chi connectivity index (χ2v) is 6.82. The van der Waals surface area contributed by atoms with Crippen molar-refractivity contribution in [3.63, 3.8) is 0 Å². The summed E-state index contributed by atoms with van der Waals surface area (Å²) < 4.78 is 27.1. The predicted molar refractivity (Wildman–Crippen MR) is 96.2 cm³/mol. The predicted octanol–water partition coefficient (Wildman–Crippen LogP) is 4.77. The second kappa shape index (κ2) is 7.28. The number of carbonyl (C=O) groups is 1. The molecule has 0 aliphatic rings. The Morgan fingerprint density at radius 2 is 2.04 bits per heavy atom. The van der Waals surface area contributed by atoms with E-state index in [2.05, 4.69) is 15.3 Å². The molecule has 0 atom stereocenters. The molecule has 0 spiro atoms. The fourth-order valence-corrected chi connectivity index (χ4v) is 3.53. The topological polar surface area (TPSA) is 54.9 Å². The standard InChI is InChI=1S/C17H13F2N3OS2/c1-9-14(16(23)21-12-8-10(18)5-6-11(12)19)17(24-2)22-15(20-9)13-4-3-7-25-13/h3-8H,1-2H3,(H,21,23). The monoisotopic (exact) mass is 377 g/mol. The maximum atomic E-state index is 13.8. The molecule has 3 rings (SSSR count). The first-order valence-corrected chi connectivity index (χ1v) is 9.33. The molecule has 0 bridgehead atoms. The lowest BCUT2D eigenvalue weighted by molar-refractivity contribution is 0.102. The van der Waals surface area contributed by atoms with Crippen LogP contribution in [0.5, 0.6) is 0 Å². The molecule has 1 N–H and O–H groups in total. The van der Waals surface area contributed by atoms with Gasteiger partial charge in [-0.25, -0.2) is 18.7 Å². The Kier molecular flexibility index (Phi) is 5.10. The third-order valence-corrected chi connectivity index (χ3v) is 4.94. The number of thioether (sulfide) groups is 1. The van der Waals surface area contributed by atoms with Crippen LogP contribution in [0.25, 0.3) is 10.7 Å². The van der Waals surface area contributed by atoms with Crippen LogP contribution in [0.1, 0.15) is 16.1 Å². The van der Waals surface area contributed by atoms with Gasteiger partial charge in [-0.05, 0) is 36.8 Å². The SMILES string of the molecule is CSc1nc(-c2cccs2)nc(C)c1C(=O)Nc1cc(F)ccc1F. The number of nitrogens with zero attached hydrogens (tertiary/aromatic N) is 2. The summed E-state index contributed by atoms with van der Waals surface area (Å²) in [4.78, 5) is 22.3. The Morgan fingerprint density at radius 1 is 1.24 bits per heavy atom. The van der Waals surface area contributed by atoms with Crippen LogP contribution < -0.4 is 5.32 Å². The number of nitrogens with one attached hydrogen (secondary N) is 1. The zero-order valence-corrected chi connectivity index (χ0v) is 15.0. The van der Waals surface area contributed by atoms with Gasteiger partial charge in [-0.2, -0.15) is 0 Å². The minimum absolute atomic E-state index is 0.223. The number of thiophene rings is 1. The van der Waals surface area contributed by atoms with Crippen molar-refractivity contribution in [2.75, 3.05) is 11.6 Å². The first kappa shape index (κ1) is 17.5. The molecule has 0 unspecified atom stereocenters. The molecule has 2 aromatic heterocycles. The third-order valence-electron chi connectivity index (χ3n) is 3.40. The molecular formula is C17H13F2N3OS2. The fraction of sp³-hybridized carbons (Fsp3) is 0.118. The lowest BCUT2D eigenvalue weighted by Crippen LogP contribution is -2.17. The summed E-state index contributed by atoms with van der Waals surface area (Å²) in [5, 5.41) is 4.79. The van der Waals surface area contributed by atoms with E-state index in [9.17, 15) is 13.6 Å². The highest BCUT2D eigenvalue weighted by atomic mass is 32.2. The van der Waals surface area contributed by atoms with Crippen LogP contribution in [-0.2, 0) is 0 Å². The van der Waals surface area contributed by atoms with E-state index < -0.39 is 17.5 Å². The van der Waals surface area contributed by atoms with Gasteiger partial charge in [0.15, 0.2) is 5.82 Å². The Morgan fingerprint density at radius 3 is 2.72 bits per heavy atom. The number of amides is 1. The maximum Gasteiger partial charge on any atom is 0.260 e. The number of halogens is 2. The van der Waals surface area contributed by atoms with Crippen molar-refractivity contribution in [3.05, 3.63) is 58.6 Å². The van der Waals surface area contributed by atoms with Crippen molar-refractivity contribution in [1.29, 1.82) is 0 Å². The molecular weight excluding hydrogens is 364 g/mol. The van der Waals surface area contributed by atoms with Crippen LogP contribution in [0.2, 0.25) is 0 Å². The summed E-state index contributed by atoms with van der Waals surface area (Å²) in [6, 6.07) is 6.67. The van der Waals surface area contributed by atoms with Crippen LogP contribution in [-0.4, -0.2) is 22.1 Å². The molecule has 1 aromatic carbocycles. The molecule has 0 saturated heterocycles. The van der Waals surface area contributed by atoms with Crippen molar-refractivity contribution in [2.24, 2.45) is 0 Å². The van der Waals surface area contributed by atoms with Gasteiger partial charge < -0.3 is 5.32 Å². The normalized spacial score (nSPS) is 10.7. The number of hydrogen-bond donors (Lipinski definition) is 1. The van der Waals surface area contributed by atoms with E-state index in [1.165, 1.54) is 23.1 Å². The molecule has 0 aliphatic heterocycles. The fourth-order valence-electron chi connectivity index (χ4n) is 2.25. The van der Waals surface area contributed by atoms with Gasteiger partial charge in [-0.15, -0.1) is 23.1 Å². The Labute approximate surface area is 151 Å². The average Bonchev–Trinajstić information content (AvgIpc) is 3.11. The third kappa shape index (κ3) is 3.69. The van der Waals surface area contributed by atoms with Crippen LogP contribution in [0.3, 0.4) is 0 Å². The smallest absolute Gasteiger partial charge is 0.260 e. The van der Waals surface area contributed by atoms with E-state index >= 15 is 0 Å². The van der Waals surface area contributed by atoms with Crippen molar-refractivity contribution < 1.29 is 13.6 Å². The Hall–Kier alpha value is -2.32. The van der Waals surface area contributed by atoms with Gasteiger partial charge in [0, 0.05) is 6.07 Å². The van der Waals surface area contributed by atoms with Crippen LogP contribution in [0, 0.1) is 18.6 Å². The first-order chi connectivity index (χ1) is 12.0. The van der Waals surface area contributed by atoms with Gasteiger partial charge in [0.2, 0.25) is 0 Å². The molecule has 3 aromatic rings. The number of aryl methyl sites for hydroxylation is 1. The van der Waals surface area contributed by atoms with Crippen molar-refractivity contribution in [1.82, 2.24) is 9.97 Å². The lowest BCUT2D eigenvalue weighted by atomic mass is 10.2. The van der Waals surface area contributed by atoms with E-state index in [1.54, 1.807) is 13.2 Å². The van der Waals surface area contributed by atoms with Gasteiger partial charge in [-0.1, -0.05) is 6.07 Å². The van der Waals surface area contributed by atoms with Gasteiger partial charge in [0.25, 0.3) is 5.91 Å². The van der Waals surface area contributed by atoms with Crippen molar-refractivity contribution in [2.45, 2.75) is 11.9 Å². The van der Waals surface area contributed by atoms with E-state index in [4.69, 9.17) is 0 Å². The van der Waals surface area contributed by atoms with E-state index in [-0.39, 0.29) is 11.3 Å². The van der Waals surface area contributed by atoms with Gasteiger partial charge in [0.05, 0.1) is 21.8 Å². The maximum absolute atomic E-state index is 13.8. The number of hydrogen-bond acceptors (Lipinski definition) is 5. The molecule has 0 saturated carbocycles. The number of rotatable bonds is 4. The molecule has 25 heavy (non-hydrogen) atoms. The van der Waals surface area contributed by atoms with Crippen LogP contribution >= 0.6 is 23.1 Å². The summed E-state index contributed by atoms with van der Waals surface area (Å²) >= 11 is 2.79. The number of benzene rings is 1. The summed E-state index contributed by atoms with van der Waals surface area (Å²) in [7, 11) is 0. The largest absolute Gasteiger partial charge is 0.319 e. The summed E-state index contributed by atoms with van der Waals surface area (Å²) in [5.41, 5.74) is 0.493. The highest BCUT2D eigenvalue weighted by Crippen LogP contribution is 2.28. The molecule has 2 heterocycles. The highest BCUT2D eigenvalue weighted by molar-refractivity contribution is 7.98. The summed E-state index contributed by atoms with van der Waals surface area (Å²) in [6.07, 6.45) is 1.79. The number of aromatic nitrogens is 2. The summed E-state index contributed by atoms with van der Waals surface area (Å²) in [6.45, 7) is 1.69. The van der Waals surface area contributed by atoms with E-state index in [0.717, 1.165) is 23.1 Å². The molecule has 128 valence electrons. The summed E-state index contributed by atoms with van der Waals surface area (Å²) in [5.74, 6) is -1.40. The van der Waals surface area contributed by atoms with Crippen molar-refractivity contribution in [3.8, 4) is 10.7 Å². The Balaban J connectivity index is 1.98. The zero-order valence-electron chi connectivity index (χ0n) is 13.3. The molecule has 4 nitrogen and oxygen atoms in total. The molecule has 1 amide bonds. The minimum Gasteiger partial charge on any atom is -0.319 e. The van der Waals surface area contributed by atoms with Crippen LogP contribution in [0.4, 0.5) is 14.5 Å². The molecule has 0 aliphatic carbocycles. The number of anilines is 1.